The topological polar surface area (TPSA) is 70.8 Å². The summed E-state index contributed by atoms with van der Waals surface area (Å²) in [6.07, 6.45) is 1.60. The van der Waals surface area contributed by atoms with Crippen LogP contribution in [0.2, 0.25) is 0 Å². The third-order valence-corrected chi connectivity index (χ3v) is 5.87. The molecule has 2 aromatic rings. The third-order valence-electron chi connectivity index (χ3n) is 4.02. The van der Waals surface area contributed by atoms with Gasteiger partial charge in [0.25, 0.3) is 5.91 Å². The van der Waals surface area contributed by atoms with Gasteiger partial charge in [0.1, 0.15) is 21.9 Å². The number of benzene rings is 1. The molecule has 3 rings (SSSR count). The van der Waals surface area contributed by atoms with Crippen molar-refractivity contribution in [2.45, 2.75) is 19.9 Å². The standard InChI is InChI=1S/C19H16BrNO4S2/c1-10(2)16(18(23)24)21-17(22)15(27-19(21)26)9-13-7-8-14(25-13)11-3-5-12(20)6-4-11/h3-10,16H,1-2H3,(H,23,24)/b15-9+/t16-/m1/s1. The zero-order valence-corrected chi connectivity index (χ0v) is 17.7. The minimum Gasteiger partial charge on any atom is -0.480 e. The zero-order valence-electron chi connectivity index (χ0n) is 14.5. The molecule has 8 heteroatoms. The van der Waals surface area contributed by atoms with E-state index in [2.05, 4.69) is 15.9 Å². The second-order valence-electron chi connectivity index (χ2n) is 6.29. The minimum atomic E-state index is -1.07. The van der Waals surface area contributed by atoms with E-state index in [4.69, 9.17) is 16.6 Å². The lowest BCUT2D eigenvalue weighted by atomic mass is 10.0. The zero-order chi connectivity index (χ0) is 19.7. The summed E-state index contributed by atoms with van der Waals surface area (Å²) >= 11 is 9.73. The van der Waals surface area contributed by atoms with Crippen LogP contribution in [0.3, 0.4) is 0 Å². The first-order valence-electron chi connectivity index (χ1n) is 8.13. The van der Waals surface area contributed by atoms with Gasteiger partial charge in [-0.25, -0.2) is 4.79 Å². The summed E-state index contributed by atoms with van der Waals surface area (Å²) < 4.78 is 7.03. The van der Waals surface area contributed by atoms with Gasteiger partial charge >= 0.3 is 5.97 Å². The highest BCUT2D eigenvalue weighted by Crippen LogP contribution is 2.36. The van der Waals surface area contributed by atoms with Gasteiger partial charge < -0.3 is 9.52 Å². The van der Waals surface area contributed by atoms with Crippen LogP contribution in [0.4, 0.5) is 0 Å². The van der Waals surface area contributed by atoms with Gasteiger partial charge in [-0.15, -0.1) is 0 Å². The summed E-state index contributed by atoms with van der Waals surface area (Å²) in [6.45, 7) is 3.50. The maximum absolute atomic E-state index is 12.7. The first-order valence-corrected chi connectivity index (χ1v) is 10.2. The van der Waals surface area contributed by atoms with Crippen LogP contribution in [-0.4, -0.2) is 32.2 Å². The molecule has 1 N–H and O–H groups in total. The predicted molar refractivity (Wildman–Crippen MR) is 113 cm³/mol. The Hall–Kier alpha value is -1.90. The van der Waals surface area contributed by atoms with Crippen molar-refractivity contribution < 1.29 is 19.1 Å². The van der Waals surface area contributed by atoms with Crippen molar-refractivity contribution in [2.24, 2.45) is 5.92 Å². The number of rotatable bonds is 5. The highest BCUT2D eigenvalue weighted by molar-refractivity contribution is 9.10. The molecule has 0 saturated carbocycles. The maximum atomic E-state index is 12.7. The molecule has 0 spiro atoms. The number of carboxylic acids is 1. The second-order valence-corrected chi connectivity index (χ2v) is 8.88. The average molecular weight is 466 g/mol. The van der Waals surface area contributed by atoms with Crippen LogP contribution in [0.15, 0.2) is 50.2 Å². The van der Waals surface area contributed by atoms with Crippen LogP contribution < -0.4 is 0 Å². The number of hydrogen-bond donors (Lipinski definition) is 1. The molecule has 1 saturated heterocycles. The summed E-state index contributed by atoms with van der Waals surface area (Å²) in [4.78, 5) is 25.8. The van der Waals surface area contributed by atoms with E-state index >= 15 is 0 Å². The van der Waals surface area contributed by atoms with E-state index in [1.165, 1.54) is 4.90 Å². The molecule has 0 unspecified atom stereocenters. The molecule has 140 valence electrons. The van der Waals surface area contributed by atoms with Gasteiger partial charge in [0.15, 0.2) is 0 Å². The lowest BCUT2D eigenvalue weighted by molar-refractivity contribution is -0.146. The number of carboxylic acid groups (broad SMARTS) is 1. The molecule has 1 atom stereocenters. The van der Waals surface area contributed by atoms with Gasteiger partial charge in [-0.05, 0) is 30.2 Å². The first kappa shape index (κ1) is 19.9. The molecule has 1 aliphatic rings. The fourth-order valence-electron chi connectivity index (χ4n) is 2.74. The average Bonchev–Trinajstić information content (AvgIpc) is 3.16. The van der Waals surface area contributed by atoms with Crippen LogP contribution in [0, 0.1) is 5.92 Å². The fourth-order valence-corrected chi connectivity index (χ4v) is 4.32. The van der Waals surface area contributed by atoms with Crippen molar-refractivity contribution in [3.63, 3.8) is 0 Å². The van der Waals surface area contributed by atoms with Gasteiger partial charge in [0, 0.05) is 16.1 Å². The van der Waals surface area contributed by atoms with Crippen LogP contribution >= 0.6 is 39.9 Å². The summed E-state index contributed by atoms with van der Waals surface area (Å²) in [5.74, 6) is -0.567. The number of amides is 1. The number of thioether (sulfide) groups is 1. The monoisotopic (exact) mass is 465 g/mol. The Kier molecular flexibility index (Phi) is 5.88. The Morgan fingerprint density at radius 3 is 2.52 bits per heavy atom. The van der Waals surface area contributed by atoms with Crippen molar-refractivity contribution in [3.05, 3.63) is 51.5 Å². The quantitative estimate of drug-likeness (QED) is 0.493. The normalized spacial score (nSPS) is 17.2. The van der Waals surface area contributed by atoms with Crippen LogP contribution in [0.25, 0.3) is 17.4 Å². The lowest BCUT2D eigenvalue weighted by Crippen LogP contribution is -2.47. The molecular weight excluding hydrogens is 450 g/mol. The van der Waals surface area contributed by atoms with Gasteiger partial charge in [-0.3, -0.25) is 9.69 Å². The van der Waals surface area contributed by atoms with Crippen molar-refractivity contribution in [2.75, 3.05) is 0 Å². The number of hydrogen-bond acceptors (Lipinski definition) is 5. The molecule has 1 aliphatic heterocycles. The van der Waals surface area contributed by atoms with Crippen molar-refractivity contribution in [1.29, 1.82) is 0 Å². The van der Waals surface area contributed by atoms with E-state index in [1.807, 2.05) is 30.3 Å². The molecule has 5 nitrogen and oxygen atoms in total. The van der Waals surface area contributed by atoms with E-state index in [1.54, 1.807) is 26.0 Å². The summed E-state index contributed by atoms with van der Waals surface area (Å²) in [6, 6.07) is 10.3. The van der Waals surface area contributed by atoms with Gasteiger partial charge in [0.05, 0.1) is 4.91 Å². The SMILES string of the molecule is CC(C)[C@H](C(=O)O)N1C(=O)/C(=C\c2ccc(-c3ccc(Br)cc3)o2)SC1=S. The Balaban J connectivity index is 1.86. The van der Waals surface area contributed by atoms with Crippen molar-refractivity contribution in [3.8, 4) is 11.3 Å². The Morgan fingerprint density at radius 2 is 1.93 bits per heavy atom. The molecule has 1 aromatic heterocycles. The molecule has 27 heavy (non-hydrogen) atoms. The molecule has 2 heterocycles. The smallest absolute Gasteiger partial charge is 0.327 e. The van der Waals surface area contributed by atoms with E-state index < -0.39 is 17.9 Å². The molecule has 0 aliphatic carbocycles. The van der Waals surface area contributed by atoms with E-state index in [0.717, 1.165) is 21.8 Å². The van der Waals surface area contributed by atoms with Crippen LogP contribution in [0.1, 0.15) is 19.6 Å². The molecular formula is C19H16BrNO4S2. The Labute approximate surface area is 174 Å². The molecule has 0 radical (unpaired) electrons. The third kappa shape index (κ3) is 4.17. The molecule has 1 aromatic carbocycles. The molecule has 1 fully saturated rings. The van der Waals surface area contributed by atoms with Crippen LogP contribution in [-0.2, 0) is 9.59 Å². The number of carbonyl (C=O) groups is 2. The van der Waals surface area contributed by atoms with E-state index in [0.29, 0.717) is 16.4 Å². The summed E-state index contributed by atoms with van der Waals surface area (Å²) in [5.41, 5.74) is 0.913. The molecule has 0 bridgehead atoms. The summed E-state index contributed by atoms with van der Waals surface area (Å²) in [7, 11) is 0. The number of thiocarbonyl (C=S) groups is 1. The largest absolute Gasteiger partial charge is 0.480 e. The number of carbonyl (C=O) groups excluding carboxylic acids is 1. The Bertz CT molecular complexity index is 933. The minimum absolute atomic E-state index is 0.243. The van der Waals surface area contributed by atoms with Crippen molar-refractivity contribution in [1.82, 2.24) is 4.90 Å². The van der Waals surface area contributed by atoms with Crippen molar-refractivity contribution >= 4 is 62.2 Å². The number of aliphatic carboxylic acids is 1. The van der Waals surface area contributed by atoms with E-state index in [-0.39, 0.29) is 10.2 Å². The maximum Gasteiger partial charge on any atom is 0.327 e. The lowest BCUT2D eigenvalue weighted by Gasteiger charge is -2.26. The highest BCUT2D eigenvalue weighted by Gasteiger charge is 2.42. The van der Waals surface area contributed by atoms with Gasteiger partial charge in [0.2, 0.25) is 0 Å². The van der Waals surface area contributed by atoms with Crippen LogP contribution in [0.5, 0.6) is 0 Å². The Morgan fingerprint density at radius 1 is 1.26 bits per heavy atom. The summed E-state index contributed by atoms with van der Waals surface area (Å²) in [5, 5.41) is 9.46. The number of nitrogens with zero attached hydrogens (tertiary/aromatic N) is 1. The van der Waals surface area contributed by atoms with Gasteiger partial charge in [-0.2, -0.15) is 0 Å². The first-order chi connectivity index (χ1) is 12.8. The number of furan rings is 1. The highest BCUT2D eigenvalue weighted by atomic mass is 79.9. The predicted octanol–water partition coefficient (Wildman–Crippen LogP) is 5.02. The second kappa shape index (κ2) is 8.00. The van der Waals surface area contributed by atoms with Gasteiger partial charge in [-0.1, -0.05) is 65.9 Å². The fraction of sp³-hybridized carbons (Fsp3) is 0.211. The van der Waals surface area contributed by atoms with E-state index in [9.17, 15) is 14.7 Å². The number of halogens is 1. The molecule has 1 amide bonds.